The maximum Gasteiger partial charge on any atom is 0.0205 e. The zero-order valence-corrected chi connectivity index (χ0v) is 11.5. The molecule has 0 aromatic heterocycles. The van der Waals surface area contributed by atoms with E-state index in [1.54, 1.807) is 0 Å². The van der Waals surface area contributed by atoms with E-state index in [0.29, 0.717) is 6.54 Å². The van der Waals surface area contributed by atoms with Gasteiger partial charge in [-0.3, -0.25) is 0 Å². The minimum Gasteiger partial charge on any atom is -0.326 e. The fourth-order valence-electron chi connectivity index (χ4n) is 2.21. The fraction of sp³-hybridized carbons (Fsp3) is 0.294. The van der Waals surface area contributed by atoms with Gasteiger partial charge in [-0.1, -0.05) is 48.5 Å². The number of hydrogen-bond acceptors (Lipinski definition) is 2. The predicted octanol–water partition coefficient (Wildman–Crippen LogP) is 2.79. The number of rotatable bonds is 6. The van der Waals surface area contributed by atoms with Crippen LogP contribution in [0.15, 0.2) is 48.5 Å². The molecule has 0 unspecified atom stereocenters. The molecule has 3 N–H and O–H groups in total. The summed E-state index contributed by atoms with van der Waals surface area (Å²) in [7, 11) is 0. The van der Waals surface area contributed by atoms with E-state index in [4.69, 9.17) is 5.73 Å². The molecule has 0 fully saturated rings. The molecule has 0 atom stereocenters. The van der Waals surface area contributed by atoms with Crippen LogP contribution in [-0.2, 0) is 19.5 Å². The molecule has 0 aliphatic carbocycles. The molecule has 0 aliphatic rings. The summed E-state index contributed by atoms with van der Waals surface area (Å²) in [6.07, 6.45) is 1.07. The average Bonchev–Trinajstić information content (AvgIpc) is 2.45. The van der Waals surface area contributed by atoms with E-state index in [9.17, 15) is 0 Å². The minimum absolute atomic E-state index is 0.608. The molecule has 0 heterocycles. The van der Waals surface area contributed by atoms with Gasteiger partial charge in [0.2, 0.25) is 0 Å². The first-order chi connectivity index (χ1) is 9.29. The van der Waals surface area contributed by atoms with Gasteiger partial charge in [-0.15, -0.1) is 0 Å². The van der Waals surface area contributed by atoms with E-state index in [2.05, 4.69) is 60.8 Å². The maximum atomic E-state index is 5.65. The molecule has 2 heteroatoms. The summed E-state index contributed by atoms with van der Waals surface area (Å²) in [5.41, 5.74) is 10.9. The second-order valence-corrected chi connectivity index (χ2v) is 4.88. The Bertz CT molecular complexity index is 520. The lowest BCUT2D eigenvalue weighted by Gasteiger charge is -2.08. The Morgan fingerprint density at radius 2 is 1.79 bits per heavy atom. The molecule has 100 valence electrons. The monoisotopic (exact) mass is 254 g/mol. The summed E-state index contributed by atoms with van der Waals surface area (Å²) in [5.74, 6) is 0. The summed E-state index contributed by atoms with van der Waals surface area (Å²) in [4.78, 5) is 0. The molecule has 2 nitrogen and oxygen atoms in total. The van der Waals surface area contributed by atoms with E-state index >= 15 is 0 Å². The first-order valence-electron chi connectivity index (χ1n) is 6.82. The van der Waals surface area contributed by atoms with E-state index in [-0.39, 0.29) is 0 Å². The first kappa shape index (κ1) is 13.8. The second-order valence-electron chi connectivity index (χ2n) is 4.88. The third-order valence-corrected chi connectivity index (χ3v) is 3.39. The van der Waals surface area contributed by atoms with Gasteiger partial charge in [-0.05, 0) is 42.1 Å². The van der Waals surface area contributed by atoms with Crippen LogP contribution in [0.4, 0.5) is 0 Å². The molecule has 2 aromatic rings. The van der Waals surface area contributed by atoms with E-state index in [0.717, 1.165) is 19.5 Å². The molecule has 0 spiro atoms. The van der Waals surface area contributed by atoms with Gasteiger partial charge >= 0.3 is 0 Å². The molecular formula is C17H22N2. The van der Waals surface area contributed by atoms with Crippen molar-refractivity contribution >= 4 is 0 Å². The van der Waals surface area contributed by atoms with Crippen LogP contribution in [-0.4, -0.2) is 6.54 Å². The quantitative estimate of drug-likeness (QED) is 0.778. The van der Waals surface area contributed by atoms with Gasteiger partial charge in [0.05, 0.1) is 0 Å². The molecule has 0 saturated heterocycles. The van der Waals surface area contributed by atoms with Crippen LogP contribution in [0.25, 0.3) is 0 Å². The fourth-order valence-corrected chi connectivity index (χ4v) is 2.21. The van der Waals surface area contributed by atoms with Gasteiger partial charge in [0.25, 0.3) is 0 Å². The van der Waals surface area contributed by atoms with Crippen molar-refractivity contribution in [3.63, 3.8) is 0 Å². The summed E-state index contributed by atoms with van der Waals surface area (Å²) in [6.45, 7) is 4.68. The number of nitrogens with one attached hydrogen (secondary N) is 1. The highest BCUT2D eigenvalue weighted by atomic mass is 14.8. The van der Waals surface area contributed by atoms with Crippen molar-refractivity contribution in [2.45, 2.75) is 26.4 Å². The van der Waals surface area contributed by atoms with Crippen LogP contribution in [0.5, 0.6) is 0 Å². The van der Waals surface area contributed by atoms with Crippen molar-refractivity contribution in [3.8, 4) is 0 Å². The lowest BCUT2D eigenvalue weighted by Crippen LogP contribution is -2.17. The normalized spacial score (nSPS) is 10.6. The predicted molar refractivity (Wildman–Crippen MR) is 80.9 cm³/mol. The lowest BCUT2D eigenvalue weighted by molar-refractivity contribution is 0.685. The number of benzene rings is 2. The highest BCUT2D eigenvalue weighted by Gasteiger charge is 1.98. The van der Waals surface area contributed by atoms with Gasteiger partial charge in [-0.25, -0.2) is 0 Å². The molecule has 0 bridgehead atoms. The molecule has 0 saturated carbocycles. The Morgan fingerprint density at radius 3 is 2.58 bits per heavy atom. The molecule has 0 aliphatic heterocycles. The van der Waals surface area contributed by atoms with Crippen LogP contribution in [0, 0.1) is 6.92 Å². The van der Waals surface area contributed by atoms with Crippen LogP contribution >= 0.6 is 0 Å². The van der Waals surface area contributed by atoms with E-state index in [1.165, 1.54) is 22.3 Å². The molecule has 0 radical (unpaired) electrons. The third-order valence-electron chi connectivity index (χ3n) is 3.39. The molecular weight excluding hydrogens is 232 g/mol. The van der Waals surface area contributed by atoms with Gasteiger partial charge in [0.1, 0.15) is 0 Å². The maximum absolute atomic E-state index is 5.65. The van der Waals surface area contributed by atoms with Gasteiger partial charge < -0.3 is 11.1 Å². The van der Waals surface area contributed by atoms with Gasteiger partial charge in [-0.2, -0.15) is 0 Å². The van der Waals surface area contributed by atoms with E-state index in [1.807, 2.05) is 0 Å². The highest BCUT2D eigenvalue weighted by Crippen LogP contribution is 2.07. The Morgan fingerprint density at radius 1 is 1.00 bits per heavy atom. The second kappa shape index (κ2) is 7.07. The molecule has 19 heavy (non-hydrogen) atoms. The van der Waals surface area contributed by atoms with Crippen molar-refractivity contribution in [2.24, 2.45) is 5.73 Å². The molecule has 2 rings (SSSR count). The third kappa shape index (κ3) is 4.19. The standard InChI is InChI=1S/C17H22N2/c1-14-5-2-3-8-17(14)9-10-19-13-16-7-4-6-15(11-16)12-18/h2-8,11,19H,9-10,12-13,18H2,1H3. The largest absolute Gasteiger partial charge is 0.326 e. The van der Waals surface area contributed by atoms with Crippen molar-refractivity contribution in [2.75, 3.05) is 6.54 Å². The average molecular weight is 254 g/mol. The number of nitrogens with two attached hydrogens (primary N) is 1. The smallest absolute Gasteiger partial charge is 0.0205 e. The number of aryl methyl sites for hydroxylation is 1. The van der Waals surface area contributed by atoms with Gasteiger partial charge in [0.15, 0.2) is 0 Å². The van der Waals surface area contributed by atoms with Crippen LogP contribution < -0.4 is 11.1 Å². The number of hydrogen-bond donors (Lipinski definition) is 2. The molecule has 2 aromatic carbocycles. The van der Waals surface area contributed by atoms with Crippen LogP contribution in [0.2, 0.25) is 0 Å². The molecule has 0 amide bonds. The van der Waals surface area contributed by atoms with Crippen molar-refractivity contribution in [1.82, 2.24) is 5.32 Å². The summed E-state index contributed by atoms with van der Waals surface area (Å²) >= 11 is 0. The lowest BCUT2D eigenvalue weighted by atomic mass is 10.1. The summed E-state index contributed by atoms with van der Waals surface area (Å²) in [5, 5.41) is 3.49. The summed E-state index contributed by atoms with van der Waals surface area (Å²) in [6, 6.07) is 17.0. The first-order valence-corrected chi connectivity index (χ1v) is 6.82. The Labute approximate surface area is 115 Å². The Balaban J connectivity index is 1.79. The van der Waals surface area contributed by atoms with Crippen molar-refractivity contribution in [1.29, 1.82) is 0 Å². The highest BCUT2D eigenvalue weighted by molar-refractivity contribution is 5.26. The van der Waals surface area contributed by atoms with Crippen LogP contribution in [0.3, 0.4) is 0 Å². The minimum atomic E-state index is 0.608. The van der Waals surface area contributed by atoms with Crippen molar-refractivity contribution < 1.29 is 0 Å². The van der Waals surface area contributed by atoms with E-state index < -0.39 is 0 Å². The zero-order valence-electron chi connectivity index (χ0n) is 11.5. The SMILES string of the molecule is Cc1ccccc1CCNCc1cccc(CN)c1. The Hall–Kier alpha value is -1.64. The van der Waals surface area contributed by atoms with Gasteiger partial charge in [0, 0.05) is 13.1 Å². The van der Waals surface area contributed by atoms with Crippen LogP contribution in [0.1, 0.15) is 22.3 Å². The zero-order chi connectivity index (χ0) is 13.5. The topological polar surface area (TPSA) is 38.0 Å². The Kier molecular flexibility index (Phi) is 5.13. The summed E-state index contributed by atoms with van der Waals surface area (Å²) < 4.78 is 0. The van der Waals surface area contributed by atoms with Crippen molar-refractivity contribution in [3.05, 3.63) is 70.8 Å².